The second-order valence-electron chi connectivity index (χ2n) is 4.54. The van der Waals surface area contributed by atoms with Crippen LogP contribution in [0.5, 0.6) is 5.88 Å². The molecule has 0 unspecified atom stereocenters. The molecule has 1 N–H and O–H groups in total. The molecule has 1 aromatic carbocycles. The lowest BCUT2D eigenvalue weighted by Gasteiger charge is -2.10. The number of nitrogens with one attached hydrogen (secondary N) is 1. The van der Waals surface area contributed by atoms with Crippen LogP contribution in [0.25, 0.3) is 0 Å². The summed E-state index contributed by atoms with van der Waals surface area (Å²) in [6, 6.07) is 9.84. The molecule has 1 aromatic heterocycles. The van der Waals surface area contributed by atoms with Crippen LogP contribution in [0.2, 0.25) is 0 Å². The number of amides is 1. The van der Waals surface area contributed by atoms with Crippen LogP contribution in [0.4, 0.5) is 5.69 Å². The van der Waals surface area contributed by atoms with Crippen molar-refractivity contribution in [2.75, 3.05) is 18.5 Å². The van der Waals surface area contributed by atoms with Gasteiger partial charge in [-0.2, -0.15) is 0 Å². The van der Waals surface area contributed by atoms with Crippen molar-refractivity contribution in [2.45, 2.75) is 13.8 Å². The highest BCUT2D eigenvalue weighted by Crippen LogP contribution is 2.18. The molecular weight excluding hydrogens is 296 g/mol. The summed E-state index contributed by atoms with van der Waals surface area (Å²) in [5, 5.41) is 2.73. The molecule has 0 aliphatic heterocycles. The van der Waals surface area contributed by atoms with Gasteiger partial charge in [-0.3, -0.25) is 4.79 Å². The fourth-order valence-corrected chi connectivity index (χ4v) is 1.95. The third-order valence-electron chi connectivity index (χ3n) is 2.93. The molecule has 120 valence electrons. The molecule has 2 aromatic rings. The largest absolute Gasteiger partial charge is 0.477 e. The van der Waals surface area contributed by atoms with E-state index in [4.69, 9.17) is 9.47 Å². The van der Waals surface area contributed by atoms with Gasteiger partial charge in [0, 0.05) is 11.9 Å². The van der Waals surface area contributed by atoms with Gasteiger partial charge in [-0.15, -0.1) is 0 Å². The number of carbonyl (C=O) groups is 2. The van der Waals surface area contributed by atoms with Gasteiger partial charge in [0.25, 0.3) is 5.91 Å². The van der Waals surface area contributed by atoms with E-state index in [9.17, 15) is 9.59 Å². The third kappa shape index (κ3) is 4.29. The standard InChI is InChI=1S/C17H18N2O4/c1-3-22-16-14(9-6-10-18-16)15(20)19-13-8-5-7-12(11-13)17(21)23-4-2/h5-11H,3-4H2,1-2H3,(H,19,20). The van der Waals surface area contributed by atoms with Crippen molar-refractivity contribution in [1.82, 2.24) is 4.98 Å². The second kappa shape index (κ2) is 7.93. The van der Waals surface area contributed by atoms with Crippen molar-refractivity contribution in [3.05, 3.63) is 53.7 Å². The predicted octanol–water partition coefficient (Wildman–Crippen LogP) is 2.91. The molecular formula is C17H18N2O4. The van der Waals surface area contributed by atoms with Crippen LogP contribution in [0.1, 0.15) is 34.6 Å². The Kier molecular flexibility index (Phi) is 5.68. The predicted molar refractivity (Wildman–Crippen MR) is 85.8 cm³/mol. The first-order valence-corrected chi connectivity index (χ1v) is 7.32. The molecule has 0 bridgehead atoms. The second-order valence-corrected chi connectivity index (χ2v) is 4.54. The fourth-order valence-electron chi connectivity index (χ4n) is 1.95. The molecule has 0 fully saturated rings. The maximum Gasteiger partial charge on any atom is 0.338 e. The van der Waals surface area contributed by atoms with Crippen molar-refractivity contribution in [3.8, 4) is 5.88 Å². The molecule has 0 radical (unpaired) electrons. The number of benzene rings is 1. The summed E-state index contributed by atoms with van der Waals surface area (Å²) in [6.07, 6.45) is 1.56. The van der Waals surface area contributed by atoms with Crippen molar-refractivity contribution >= 4 is 17.6 Å². The zero-order valence-electron chi connectivity index (χ0n) is 13.0. The summed E-state index contributed by atoms with van der Waals surface area (Å²) in [5.41, 5.74) is 1.20. The molecule has 1 heterocycles. The Labute approximate surface area is 134 Å². The molecule has 23 heavy (non-hydrogen) atoms. The van der Waals surface area contributed by atoms with Crippen molar-refractivity contribution in [1.29, 1.82) is 0 Å². The van der Waals surface area contributed by atoms with Crippen LogP contribution in [0.15, 0.2) is 42.6 Å². The molecule has 6 nitrogen and oxygen atoms in total. The van der Waals surface area contributed by atoms with Crippen LogP contribution in [0.3, 0.4) is 0 Å². The summed E-state index contributed by atoms with van der Waals surface area (Å²) in [6.45, 7) is 4.26. The minimum Gasteiger partial charge on any atom is -0.477 e. The minimum atomic E-state index is -0.431. The number of rotatable bonds is 6. The highest BCUT2D eigenvalue weighted by atomic mass is 16.5. The lowest BCUT2D eigenvalue weighted by atomic mass is 10.2. The lowest BCUT2D eigenvalue weighted by Crippen LogP contribution is -2.15. The number of nitrogens with zero attached hydrogens (tertiary/aromatic N) is 1. The normalized spacial score (nSPS) is 10.0. The maximum atomic E-state index is 12.4. The molecule has 0 saturated heterocycles. The van der Waals surface area contributed by atoms with Gasteiger partial charge >= 0.3 is 5.97 Å². The molecule has 0 aliphatic rings. The first-order valence-electron chi connectivity index (χ1n) is 7.32. The Morgan fingerprint density at radius 2 is 1.96 bits per heavy atom. The molecule has 1 amide bonds. The first-order chi connectivity index (χ1) is 11.2. The lowest BCUT2D eigenvalue weighted by molar-refractivity contribution is 0.0526. The highest BCUT2D eigenvalue weighted by molar-refractivity contribution is 6.06. The monoisotopic (exact) mass is 314 g/mol. The number of esters is 1. The van der Waals surface area contributed by atoms with Crippen LogP contribution < -0.4 is 10.1 Å². The number of hydrogen-bond donors (Lipinski definition) is 1. The first kappa shape index (κ1) is 16.5. The van der Waals surface area contributed by atoms with Gasteiger partial charge in [0.1, 0.15) is 5.56 Å². The van der Waals surface area contributed by atoms with Gasteiger partial charge in [0.2, 0.25) is 5.88 Å². The smallest absolute Gasteiger partial charge is 0.338 e. The molecule has 0 aliphatic carbocycles. The van der Waals surface area contributed by atoms with Crippen LogP contribution >= 0.6 is 0 Å². The average Bonchev–Trinajstić information content (AvgIpc) is 2.56. The summed E-state index contributed by atoms with van der Waals surface area (Å²) in [5.74, 6) is -0.517. The summed E-state index contributed by atoms with van der Waals surface area (Å²) >= 11 is 0. The zero-order chi connectivity index (χ0) is 16.7. The summed E-state index contributed by atoms with van der Waals surface area (Å²) in [7, 11) is 0. The Hall–Kier alpha value is -2.89. The Morgan fingerprint density at radius 3 is 2.70 bits per heavy atom. The number of carbonyl (C=O) groups excluding carboxylic acids is 2. The van der Waals surface area contributed by atoms with E-state index in [1.165, 1.54) is 0 Å². The van der Waals surface area contributed by atoms with Gasteiger partial charge in [0.15, 0.2) is 0 Å². The molecule has 2 rings (SSSR count). The van der Waals surface area contributed by atoms with Gasteiger partial charge in [-0.1, -0.05) is 6.07 Å². The van der Waals surface area contributed by atoms with E-state index in [1.807, 2.05) is 6.92 Å². The number of pyridine rings is 1. The van der Waals surface area contributed by atoms with Gasteiger partial charge in [-0.25, -0.2) is 9.78 Å². The topological polar surface area (TPSA) is 77.5 Å². The Bertz CT molecular complexity index is 700. The summed E-state index contributed by atoms with van der Waals surface area (Å²) < 4.78 is 10.3. The number of anilines is 1. The third-order valence-corrected chi connectivity index (χ3v) is 2.93. The summed E-state index contributed by atoms with van der Waals surface area (Å²) in [4.78, 5) is 28.1. The zero-order valence-corrected chi connectivity index (χ0v) is 13.0. The van der Waals surface area contributed by atoms with E-state index in [2.05, 4.69) is 10.3 Å². The van der Waals surface area contributed by atoms with Crippen LogP contribution in [0, 0.1) is 0 Å². The molecule has 0 saturated carbocycles. The van der Waals surface area contributed by atoms with E-state index in [1.54, 1.807) is 49.5 Å². The van der Waals surface area contributed by atoms with E-state index in [0.717, 1.165) is 0 Å². The quantitative estimate of drug-likeness (QED) is 0.830. The van der Waals surface area contributed by atoms with Gasteiger partial charge < -0.3 is 14.8 Å². The minimum absolute atomic E-state index is 0.272. The van der Waals surface area contributed by atoms with Crippen LogP contribution in [-0.2, 0) is 4.74 Å². The van der Waals surface area contributed by atoms with E-state index in [-0.39, 0.29) is 11.8 Å². The average molecular weight is 314 g/mol. The van der Waals surface area contributed by atoms with E-state index >= 15 is 0 Å². The number of hydrogen-bond acceptors (Lipinski definition) is 5. The SMILES string of the molecule is CCOC(=O)c1cccc(NC(=O)c2cccnc2OCC)c1. The van der Waals surface area contributed by atoms with Crippen molar-refractivity contribution in [3.63, 3.8) is 0 Å². The van der Waals surface area contributed by atoms with E-state index < -0.39 is 5.97 Å². The van der Waals surface area contributed by atoms with Crippen LogP contribution in [-0.4, -0.2) is 30.1 Å². The van der Waals surface area contributed by atoms with Crippen molar-refractivity contribution in [2.24, 2.45) is 0 Å². The van der Waals surface area contributed by atoms with E-state index in [0.29, 0.717) is 30.0 Å². The molecule has 0 spiro atoms. The number of ether oxygens (including phenoxy) is 2. The Morgan fingerprint density at radius 1 is 1.13 bits per heavy atom. The molecule has 0 atom stereocenters. The van der Waals surface area contributed by atoms with Crippen molar-refractivity contribution < 1.29 is 19.1 Å². The Balaban J connectivity index is 2.18. The number of aromatic nitrogens is 1. The van der Waals surface area contributed by atoms with Gasteiger partial charge in [-0.05, 0) is 44.2 Å². The molecule has 6 heteroatoms. The van der Waals surface area contributed by atoms with Gasteiger partial charge in [0.05, 0.1) is 18.8 Å². The maximum absolute atomic E-state index is 12.4. The fraction of sp³-hybridized carbons (Fsp3) is 0.235. The highest BCUT2D eigenvalue weighted by Gasteiger charge is 2.14.